The van der Waals surface area contributed by atoms with Crippen LogP contribution >= 0.6 is 0 Å². The molecule has 0 saturated carbocycles. The van der Waals surface area contributed by atoms with Crippen LogP contribution in [-0.2, 0) is 7.05 Å². The van der Waals surface area contributed by atoms with Crippen molar-refractivity contribution >= 4 is 28.5 Å². The lowest BCUT2D eigenvalue weighted by atomic mass is 10.2. The Morgan fingerprint density at radius 2 is 2.14 bits per heavy atom. The molecule has 0 amide bonds. The molecule has 2 aromatic heterocycles. The summed E-state index contributed by atoms with van der Waals surface area (Å²) in [6.07, 6.45) is 1.46. The minimum atomic E-state index is -0.970. The zero-order valence-corrected chi connectivity index (χ0v) is 11.5. The molecule has 2 N–H and O–H groups in total. The number of hydrogen-bond donors (Lipinski definition) is 2. The third-order valence-corrected chi connectivity index (χ3v) is 3.16. The molecule has 2 heterocycles. The highest BCUT2D eigenvalue weighted by Crippen LogP contribution is 2.24. The van der Waals surface area contributed by atoms with Crippen LogP contribution in [-0.4, -0.2) is 30.8 Å². The van der Waals surface area contributed by atoms with Gasteiger partial charge in [-0.1, -0.05) is 6.07 Å². The van der Waals surface area contributed by atoms with E-state index in [0.29, 0.717) is 11.5 Å². The molecule has 0 atom stereocenters. The van der Waals surface area contributed by atoms with Crippen molar-refractivity contribution in [3.05, 3.63) is 41.9 Å². The van der Waals surface area contributed by atoms with Crippen molar-refractivity contribution < 1.29 is 9.90 Å². The van der Waals surface area contributed by atoms with Gasteiger partial charge in [-0.2, -0.15) is 5.10 Å². The second-order valence-corrected chi connectivity index (χ2v) is 4.64. The molecule has 7 heteroatoms. The van der Waals surface area contributed by atoms with E-state index in [4.69, 9.17) is 5.11 Å². The molecule has 3 aromatic rings. The van der Waals surface area contributed by atoms with Crippen molar-refractivity contribution in [1.29, 1.82) is 0 Å². The molecular formula is C14H13N5O2. The highest BCUT2D eigenvalue weighted by molar-refractivity contribution is 5.91. The second kappa shape index (κ2) is 4.86. The summed E-state index contributed by atoms with van der Waals surface area (Å²) >= 11 is 0. The number of benzene rings is 1. The first-order chi connectivity index (χ1) is 10.1. The van der Waals surface area contributed by atoms with Crippen molar-refractivity contribution in [3.8, 4) is 0 Å². The minimum Gasteiger partial charge on any atom is -0.478 e. The largest absolute Gasteiger partial charge is 0.478 e. The van der Waals surface area contributed by atoms with Gasteiger partial charge in [0, 0.05) is 12.7 Å². The molecule has 21 heavy (non-hydrogen) atoms. The van der Waals surface area contributed by atoms with Gasteiger partial charge in [-0.05, 0) is 25.1 Å². The topological polar surface area (TPSA) is 92.9 Å². The Bertz CT molecular complexity index is 840. The lowest BCUT2D eigenvalue weighted by molar-refractivity contribution is 0.0697. The zero-order valence-electron chi connectivity index (χ0n) is 11.5. The van der Waals surface area contributed by atoms with E-state index < -0.39 is 5.97 Å². The number of carbonyl (C=O) groups is 1. The summed E-state index contributed by atoms with van der Waals surface area (Å²) in [6.45, 7) is 1.88. The number of fused-ring (bicyclic) bond motifs is 1. The van der Waals surface area contributed by atoms with E-state index in [2.05, 4.69) is 20.4 Å². The number of rotatable bonds is 3. The lowest BCUT2D eigenvalue weighted by Gasteiger charge is -2.08. The van der Waals surface area contributed by atoms with E-state index in [1.165, 1.54) is 12.4 Å². The Kier molecular flexibility index (Phi) is 3.02. The van der Waals surface area contributed by atoms with E-state index in [0.717, 1.165) is 16.7 Å². The zero-order chi connectivity index (χ0) is 15.0. The van der Waals surface area contributed by atoms with E-state index in [-0.39, 0.29) is 5.56 Å². The van der Waals surface area contributed by atoms with Gasteiger partial charge in [-0.15, -0.1) is 0 Å². The average molecular weight is 283 g/mol. The predicted molar refractivity (Wildman–Crippen MR) is 77.7 cm³/mol. The number of carboxylic acid groups (broad SMARTS) is 1. The molecule has 0 unspecified atom stereocenters. The SMILES string of the molecule is Cc1nn(C)c2c(Nc3cccc(C(=O)O)c3)ncnc12. The van der Waals surface area contributed by atoms with Crippen LogP contribution in [0.15, 0.2) is 30.6 Å². The van der Waals surface area contributed by atoms with Crippen molar-refractivity contribution in [3.63, 3.8) is 0 Å². The molecule has 0 aliphatic carbocycles. The van der Waals surface area contributed by atoms with Crippen molar-refractivity contribution in [2.24, 2.45) is 7.05 Å². The molecule has 106 valence electrons. The van der Waals surface area contributed by atoms with Crippen molar-refractivity contribution in [2.75, 3.05) is 5.32 Å². The summed E-state index contributed by atoms with van der Waals surface area (Å²) in [7, 11) is 1.82. The Hall–Kier alpha value is -2.96. The summed E-state index contributed by atoms with van der Waals surface area (Å²) in [5.74, 6) is -0.381. The first kappa shape index (κ1) is 13.0. The van der Waals surface area contributed by atoms with Crippen LogP contribution in [0.1, 0.15) is 16.1 Å². The standard InChI is InChI=1S/C14H13N5O2/c1-8-11-12(19(2)18-8)13(16-7-15-11)17-10-5-3-4-9(6-10)14(20)21/h3-7H,1-2H3,(H,20,21)(H,15,16,17). The molecule has 0 fully saturated rings. The molecule has 0 aliphatic rings. The van der Waals surface area contributed by atoms with Crippen LogP contribution in [0.5, 0.6) is 0 Å². The van der Waals surface area contributed by atoms with Crippen molar-refractivity contribution in [2.45, 2.75) is 6.92 Å². The van der Waals surface area contributed by atoms with Crippen LogP contribution in [0, 0.1) is 6.92 Å². The molecule has 1 aromatic carbocycles. The van der Waals surface area contributed by atoms with Gasteiger partial charge < -0.3 is 10.4 Å². The summed E-state index contributed by atoms with van der Waals surface area (Å²) in [6, 6.07) is 6.55. The van der Waals surface area contributed by atoms with E-state index in [1.54, 1.807) is 22.9 Å². The molecule has 0 radical (unpaired) electrons. The summed E-state index contributed by atoms with van der Waals surface area (Å²) in [5, 5.41) is 16.5. The lowest BCUT2D eigenvalue weighted by Crippen LogP contribution is -2.01. The van der Waals surface area contributed by atoms with Gasteiger partial charge in [0.05, 0.1) is 11.3 Å². The number of aryl methyl sites for hydroxylation is 2. The number of aromatic nitrogens is 4. The number of nitrogens with one attached hydrogen (secondary N) is 1. The fourth-order valence-corrected chi connectivity index (χ4v) is 2.23. The van der Waals surface area contributed by atoms with E-state index in [9.17, 15) is 4.79 Å². The van der Waals surface area contributed by atoms with Gasteiger partial charge in [0.2, 0.25) is 0 Å². The second-order valence-electron chi connectivity index (χ2n) is 4.64. The first-order valence-corrected chi connectivity index (χ1v) is 6.31. The van der Waals surface area contributed by atoms with E-state index in [1.807, 2.05) is 14.0 Å². The van der Waals surface area contributed by atoms with Crippen LogP contribution in [0.4, 0.5) is 11.5 Å². The molecule has 0 saturated heterocycles. The fraction of sp³-hybridized carbons (Fsp3) is 0.143. The first-order valence-electron chi connectivity index (χ1n) is 6.31. The highest BCUT2D eigenvalue weighted by atomic mass is 16.4. The van der Waals surface area contributed by atoms with Gasteiger partial charge in [0.15, 0.2) is 5.82 Å². The maximum Gasteiger partial charge on any atom is 0.335 e. The van der Waals surface area contributed by atoms with Gasteiger partial charge >= 0.3 is 5.97 Å². The number of anilines is 2. The fourth-order valence-electron chi connectivity index (χ4n) is 2.23. The Labute approximate surface area is 120 Å². The molecule has 7 nitrogen and oxygen atoms in total. The smallest absolute Gasteiger partial charge is 0.335 e. The van der Waals surface area contributed by atoms with Gasteiger partial charge in [0.25, 0.3) is 0 Å². The Morgan fingerprint density at radius 1 is 1.33 bits per heavy atom. The quantitative estimate of drug-likeness (QED) is 0.764. The van der Waals surface area contributed by atoms with Crippen LogP contribution in [0.25, 0.3) is 11.0 Å². The molecular weight excluding hydrogens is 270 g/mol. The molecule has 3 rings (SSSR count). The van der Waals surface area contributed by atoms with Gasteiger partial charge in [-0.25, -0.2) is 14.8 Å². The minimum absolute atomic E-state index is 0.214. The van der Waals surface area contributed by atoms with Crippen molar-refractivity contribution in [1.82, 2.24) is 19.7 Å². The van der Waals surface area contributed by atoms with Crippen LogP contribution < -0.4 is 5.32 Å². The maximum absolute atomic E-state index is 11.0. The normalized spacial score (nSPS) is 10.8. The third kappa shape index (κ3) is 2.29. The molecule has 0 spiro atoms. The van der Waals surface area contributed by atoms with Crippen LogP contribution in [0.3, 0.4) is 0 Å². The molecule has 0 bridgehead atoms. The highest BCUT2D eigenvalue weighted by Gasteiger charge is 2.12. The van der Waals surface area contributed by atoms with Gasteiger partial charge in [-0.3, -0.25) is 4.68 Å². The predicted octanol–water partition coefficient (Wildman–Crippen LogP) is 2.11. The number of hydrogen-bond acceptors (Lipinski definition) is 5. The summed E-state index contributed by atoms with van der Waals surface area (Å²) < 4.78 is 1.70. The summed E-state index contributed by atoms with van der Waals surface area (Å²) in [5.41, 5.74) is 3.22. The van der Waals surface area contributed by atoms with Crippen LogP contribution in [0.2, 0.25) is 0 Å². The number of carboxylic acids is 1. The molecule has 0 aliphatic heterocycles. The maximum atomic E-state index is 11.0. The Balaban J connectivity index is 2.06. The Morgan fingerprint density at radius 3 is 2.90 bits per heavy atom. The van der Waals surface area contributed by atoms with Gasteiger partial charge in [0.1, 0.15) is 17.4 Å². The average Bonchev–Trinajstić information content (AvgIpc) is 2.75. The van der Waals surface area contributed by atoms with E-state index >= 15 is 0 Å². The monoisotopic (exact) mass is 283 g/mol. The number of aromatic carboxylic acids is 1. The summed E-state index contributed by atoms with van der Waals surface area (Å²) in [4.78, 5) is 19.4. The number of nitrogens with zero attached hydrogens (tertiary/aromatic N) is 4. The third-order valence-electron chi connectivity index (χ3n) is 3.16.